The van der Waals surface area contributed by atoms with Crippen LogP contribution >= 0.6 is 9.24 Å². The Morgan fingerprint density at radius 2 is 1.75 bits per heavy atom. The molecule has 0 saturated carbocycles. The van der Waals surface area contributed by atoms with Gasteiger partial charge >= 0.3 is 6.01 Å². The molecule has 11 nitrogen and oxygen atoms in total. The van der Waals surface area contributed by atoms with E-state index >= 15 is 8.78 Å². The van der Waals surface area contributed by atoms with E-state index in [1.54, 1.807) is 17.0 Å². The van der Waals surface area contributed by atoms with Crippen LogP contribution in [0.5, 0.6) is 11.8 Å². The molecule has 61 heavy (non-hydrogen) atoms. The van der Waals surface area contributed by atoms with Gasteiger partial charge < -0.3 is 25.4 Å². The van der Waals surface area contributed by atoms with Crippen molar-refractivity contribution in [1.82, 2.24) is 19.8 Å². The first kappa shape index (κ1) is 44.3. The number of nitrogens with zero attached hydrogens (tertiary/aromatic N) is 6. The average Bonchev–Trinajstić information content (AvgIpc) is 3.98. The molecule has 5 aliphatic rings. The summed E-state index contributed by atoms with van der Waals surface area (Å²) >= 11 is 0. The van der Waals surface area contributed by atoms with Crippen molar-refractivity contribution in [2.24, 2.45) is 22.6 Å². The molecule has 2 aromatic carbocycles. The number of carbonyl (C=O) groups excluding carboxylic acids is 1. The molecule has 4 N–H and O–H groups in total. The summed E-state index contributed by atoms with van der Waals surface area (Å²) in [6.07, 6.45) is 10.6. The van der Waals surface area contributed by atoms with Crippen molar-refractivity contribution in [3.63, 3.8) is 0 Å². The number of aromatic hydroxyl groups is 1. The Labute approximate surface area is 360 Å². The number of halogens is 2. The second kappa shape index (κ2) is 18.7. The van der Waals surface area contributed by atoms with E-state index in [9.17, 15) is 15.3 Å². The number of aromatic nitrogens is 2. The minimum atomic E-state index is -0.781. The van der Waals surface area contributed by atoms with Gasteiger partial charge in [-0.25, -0.2) is 8.78 Å². The summed E-state index contributed by atoms with van der Waals surface area (Å²) in [5.41, 5.74) is 8.15. The summed E-state index contributed by atoms with van der Waals surface area (Å²) in [4.78, 5) is 34.2. The van der Waals surface area contributed by atoms with E-state index in [2.05, 4.69) is 34.9 Å². The highest BCUT2D eigenvalue weighted by Crippen LogP contribution is 2.48. The third-order valence-electron chi connectivity index (χ3n) is 13.1. The monoisotopic (exact) mass is 854 g/mol. The molecule has 1 amide bonds. The smallest absolute Gasteiger partial charge is 0.319 e. The summed E-state index contributed by atoms with van der Waals surface area (Å²) in [5.74, 6) is -1.05. The Morgan fingerprint density at radius 3 is 2.44 bits per heavy atom. The molecule has 3 aromatic rings. The molecule has 14 heteroatoms. The Kier molecular flexibility index (Phi) is 13.6. The molecule has 0 spiro atoms. The average molecular weight is 855 g/mol. The summed E-state index contributed by atoms with van der Waals surface area (Å²) in [6.45, 7) is 14.9. The number of anilines is 1. The first-order valence-electron chi connectivity index (χ1n) is 22.0. The zero-order valence-corrected chi connectivity index (χ0v) is 37.4. The van der Waals surface area contributed by atoms with Crippen LogP contribution in [0.1, 0.15) is 95.0 Å². The Morgan fingerprint density at radius 1 is 1.03 bits per heavy atom. The van der Waals surface area contributed by atoms with Gasteiger partial charge in [-0.15, -0.1) is 9.24 Å². The van der Waals surface area contributed by atoms with Crippen molar-refractivity contribution in [3.05, 3.63) is 70.3 Å². The number of hydrogen-bond acceptors (Lipinski definition) is 10. The number of fused-ring (bicyclic) bond motifs is 3. The summed E-state index contributed by atoms with van der Waals surface area (Å²) in [7, 11) is 2.42. The number of amides is 1. The van der Waals surface area contributed by atoms with Gasteiger partial charge in [-0.3, -0.25) is 20.1 Å². The molecule has 0 radical (unpaired) electrons. The molecule has 4 aliphatic heterocycles. The van der Waals surface area contributed by atoms with Crippen molar-refractivity contribution in [1.29, 1.82) is 5.41 Å². The van der Waals surface area contributed by atoms with E-state index in [1.165, 1.54) is 18.2 Å². The van der Waals surface area contributed by atoms with Gasteiger partial charge in [0.25, 0.3) is 5.91 Å². The second-order valence-electron chi connectivity index (χ2n) is 17.2. The fraction of sp³-hybridized carbons (Fsp3) is 0.511. The predicted molar refractivity (Wildman–Crippen MR) is 246 cm³/mol. The van der Waals surface area contributed by atoms with Gasteiger partial charge in [0, 0.05) is 37.3 Å². The number of benzene rings is 2. The molecule has 3 fully saturated rings. The molecule has 5 heterocycles. The molecule has 2 unspecified atom stereocenters. The number of nitrogens with two attached hydrogens (primary N) is 1. The number of likely N-dealkylation sites (tertiary alicyclic amines) is 1. The highest BCUT2D eigenvalue weighted by molar-refractivity contribution is 7.15. The predicted octanol–water partition coefficient (Wildman–Crippen LogP) is 8.20. The molecular weight excluding hydrogens is 794 g/mol. The maximum Gasteiger partial charge on any atom is 0.319 e. The third-order valence-corrected chi connectivity index (χ3v) is 13.1. The zero-order chi connectivity index (χ0) is 43.6. The van der Waals surface area contributed by atoms with Gasteiger partial charge in [0.2, 0.25) is 0 Å². The Balaban J connectivity index is 0.00000277. The number of carbonyl (C=O) groups is 1. The number of nitrogens with one attached hydrogen (secondary N) is 1. The van der Waals surface area contributed by atoms with Crippen LogP contribution in [0.4, 0.5) is 14.6 Å². The molecule has 0 bridgehead atoms. The van der Waals surface area contributed by atoms with Crippen LogP contribution in [0.15, 0.2) is 47.1 Å². The first-order chi connectivity index (χ1) is 29.4. The number of aryl methyl sites for hydroxylation is 1. The molecular formula is C47H61F2N8O3P. The fourth-order valence-electron chi connectivity index (χ4n) is 9.62. The van der Waals surface area contributed by atoms with Crippen molar-refractivity contribution in [2.75, 3.05) is 64.0 Å². The van der Waals surface area contributed by atoms with Crippen LogP contribution in [-0.2, 0) is 11.2 Å². The minimum Gasteiger partial charge on any atom is -0.508 e. The lowest BCUT2D eigenvalue weighted by atomic mass is 9.80. The number of aliphatic imine (C=N–C) groups is 1. The van der Waals surface area contributed by atoms with E-state index in [4.69, 9.17) is 25.4 Å². The van der Waals surface area contributed by atoms with Gasteiger partial charge in [-0.2, -0.15) is 9.97 Å². The van der Waals surface area contributed by atoms with Crippen LogP contribution in [0.2, 0.25) is 0 Å². The lowest BCUT2D eigenvalue weighted by Gasteiger charge is -2.33. The van der Waals surface area contributed by atoms with Crippen LogP contribution in [0, 0.1) is 23.1 Å². The summed E-state index contributed by atoms with van der Waals surface area (Å²) in [5, 5.41) is 21.9. The number of hydrogen-bond donors (Lipinski definition) is 3. The van der Waals surface area contributed by atoms with E-state index in [1.807, 2.05) is 24.6 Å². The van der Waals surface area contributed by atoms with Crippen molar-refractivity contribution in [2.45, 2.75) is 84.6 Å². The fourth-order valence-corrected chi connectivity index (χ4v) is 9.62. The Bertz CT molecular complexity index is 2310. The minimum absolute atomic E-state index is 0.0223. The number of phenols is 1. The summed E-state index contributed by atoms with van der Waals surface area (Å²) < 4.78 is 40.0. The molecule has 1 aromatic heterocycles. The number of phenolic OH excluding ortho intramolecular Hbond substituents is 1. The van der Waals surface area contributed by atoms with Gasteiger partial charge in [-0.1, -0.05) is 46.5 Å². The molecule has 1 aliphatic carbocycles. The molecule has 8 rings (SSSR count). The third kappa shape index (κ3) is 8.70. The quantitative estimate of drug-likeness (QED) is 0.137. The lowest BCUT2D eigenvalue weighted by Crippen LogP contribution is -2.43. The Hall–Kier alpha value is -4.74. The van der Waals surface area contributed by atoms with Crippen molar-refractivity contribution < 1.29 is 23.4 Å². The van der Waals surface area contributed by atoms with Crippen LogP contribution < -0.4 is 15.4 Å². The van der Waals surface area contributed by atoms with Gasteiger partial charge in [0.1, 0.15) is 29.7 Å². The van der Waals surface area contributed by atoms with Gasteiger partial charge in [0.05, 0.1) is 34.8 Å². The SMILES string of the molecule is CCc1c(F)ccc2cc(O)cc(C3=C(F)c4nc(OCC56CCCN5CCC6)nc(N5CCCN=C(/C=C(\N)C(=O)N6CCCC6)C5)c4/C(=C/C(C)C(C)C)C3=N)c12.CP. The van der Waals surface area contributed by atoms with Crippen LogP contribution in [-0.4, -0.2) is 107 Å². The van der Waals surface area contributed by atoms with E-state index in [0.29, 0.717) is 84.6 Å². The second-order valence-corrected chi connectivity index (χ2v) is 17.2. The van der Waals surface area contributed by atoms with Crippen LogP contribution in [0.3, 0.4) is 0 Å². The first-order valence-corrected chi connectivity index (χ1v) is 23.1. The largest absolute Gasteiger partial charge is 0.508 e. The standard InChI is InChI=1S/C46H56F2N8O3.CH5P/c1-5-32-35(47)12-11-29-22-31(57)24-33(37(29)32)38-40(48)42-39(34(41(38)50)21-28(4)27(2)3)43(53-45(52-42)59-26-46-13-8-19-56(46)20-9-14-46)55-18-10-15-51-30(25-55)23-36(49)44(58)54-16-6-7-17-54;1-2/h11-12,21-24,27-28,50,57H,5-10,13-20,25-26,49H2,1-4H3;2H2,1H3/b34-21-,36-23-,50-41?;. The highest BCUT2D eigenvalue weighted by Gasteiger charge is 2.45. The van der Waals surface area contributed by atoms with Crippen molar-refractivity contribution in [3.8, 4) is 11.8 Å². The number of rotatable bonds is 10. The van der Waals surface area contributed by atoms with Crippen molar-refractivity contribution >= 4 is 60.1 Å². The highest BCUT2D eigenvalue weighted by atomic mass is 31.0. The zero-order valence-electron chi connectivity index (χ0n) is 36.3. The van der Waals surface area contributed by atoms with Gasteiger partial charge in [-0.05, 0) is 122 Å². The maximum absolute atomic E-state index is 18.0. The van der Waals surface area contributed by atoms with E-state index in [0.717, 1.165) is 51.6 Å². The normalized spacial score (nSPS) is 20.5. The van der Waals surface area contributed by atoms with Gasteiger partial charge in [0.15, 0.2) is 5.83 Å². The molecule has 2 atom stereocenters. The maximum atomic E-state index is 18.0. The van der Waals surface area contributed by atoms with E-state index in [-0.39, 0.29) is 69.8 Å². The number of allylic oxidation sites excluding steroid dienone is 3. The molecule has 326 valence electrons. The lowest BCUT2D eigenvalue weighted by molar-refractivity contribution is -0.126. The van der Waals surface area contributed by atoms with Crippen LogP contribution in [0.25, 0.3) is 27.7 Å². The number of ether oxygens (including phenoxy) is 1. The van der Waals surface area contributed by atoms with E-state index < -0.39 is 11.6 Å². The topological polar surface area (TPSA) is 144 Å². The molecule has 3 saturated heterocycles. The summed E-state index contributed by atoms with van der Waals surface area (Å²) in [6, 6.07) is 5.91.